The Hall–Kier alpha value is -2.28. The minimum absolute atomic E-state index is 0.244. The van der Waals surface area contributed by atoms with Gasteiger partial charge in [-0.2, -0.15) is 5.10 Å². The van der Waals surface area contributed by atoms with Crippen molar-refractivity contribution in [2.75, 3.05) is 5.32 Å². The molecule has 3 N–H and O–H groups in total. The summed E-state index contributed by atoms with van der Waals surface area (Å²) in [6.45, 7) is 1.85. The molecule has 1 unspecified atom stereocenters. The predicted octanol–water partition coefficient (Wildman–Crippen LogP) is 0.338. The highest BCUT2D eigenvalue weighted by Gasteiger charge is 2.14. The third kappa shape index (κ3) is 2.51. The maximum atomic E-state index is 11.8. The molecule has 0 aliphatic heterocycles. The van der Waals surface area contributed by atoms with E-state index in [-0.39, 0.29) is 5.91 Å². The first kappa shape index (κ1) is 12.2. The SMILES string of the molecule is CCC(N)C(=O)Nc1cccnc1-n1cncn1. The summed E-state index contributed by atoms with van der Waals surface area (Å²) in [6.07, 6.45) is 5.10. The molecule has 0 radical (unpaired) electrons. The van der Waals surface area contributed by atoms with E-state index in [1.165, 1.54) is 17.3 Å². The lowest BCUT2D eigenvalue weighted by molar-refractivity contribution is -0.117. The van der Waals surface area contributed by atoms with E-state index >= 15 is 0 Å². The highest BCUT2D eigenvalue weighted by Crippen LogP contribution is 2.15. The molecule has 18 heavy (non-hydrogen) atoms. The zero-order chi connectivity index (χ0) is 13.0. The third-order valence-electron chi connectivity index (χ3n) is 2.46. The Bertz CT molecular complexity index is 524. The first-order chi connectivity index (χ1) is 8.72. The highest BCUT2D eigenvalue weighted by molar-refractivity contribution is 5.95. The van der Waals surface area contributed by atoms with Crippen LogP contribution in [0.25, 0.3) is 5.82 Å². The van der Waals surface area contributed by atoms with Crippen molar-refractivity contribution < 1.29 is 4.79 Å². The summed E-state index contributed by atoms with van der Waals surface area (Å²) < 4.78 is 1.48. The van der Waals surface area contributed by atoms with Gasteiger partial charge in [-0.05, 0) is 18.6 Å². The predicted molar refractivity (Wildman–Crippen MR) is 66.1 cm³/mol. The van der Waals surface area contributed by atoms with Crippen LogP contribution < -0.4 is 11.1 Å². The van der Waals surface area contributed by atoms with E-state index in [4.69, 9.17) is 5.73 Å². The van der Waals surface area contributed by atoms with E-state index < -0.39 is 6.04 Å². The van der Waals surface area contributed by atoms with Crippen LogP contribution in [-0.2, 0) is 4.79 Å². The van der Waals surface area contributed by atoms with E-state index in [1.807, 2.05) is 6.92 Å². The molecule has 0 spiro atoms. The minimum atomic E-state index is -0.534. The number of carbonyl (C=O) groups excluding carboxylic acids is 1. The summed E-state index contributed by atoms with van der Waals surface area (Å²) >= 11 is 0. The zero-order valence-electron chi connectivity index (χ0n) is 9.95. The van der Waals surface area contributed by atoms with E-state index in [1.54, 1.807) is 18.3 Å². The molecule has 0 saturated carbocycles. The fourth-order valence-electron chi connectivity index (χ4n) is 1.41. The van der Waals surface area contributed by atoms with Gasteiger partial charge in [-0.25, -0.2) is 14.6 Å². The summed E-state index contributed by atoms with van der Waals surface area (Å²) in [5, 5.41) is 6.71. The van der Waals surface area contributed by atoms with E-state index in [0.29, 0.717) is 17.9 Å². The Morgan fingerprint density at radius 3 is 3.11 bits per heavy atom. The normalized spacial score (nSPS) is 12.1. The summed E-state index contributed by atoms with van der Waals surface area (Å²) in [6, 6.07) is 2.94. The second-order valence-corrected chi connectivity index (χ2v) is 3.72. The van der Waals surface area contributed by atoms with Gasteiger partial charge < -0.3 is 11.1 Å². The molecule has 0 aromatic carbocycles. The van der Waals surface area contributed by atoms with Crippen LogP contribution in [0.15, 0.2) is 31.0 Å². The lowest BCUT2D eigenvalue weighted by atomic mass is 10.2. The van der Waals surface area contributed by atoms with Gasteiger partial charge in [-0.15, -0.1) is 0 Å². The van der Waals surface area contributed by atoms with Gasteiger partial charge in [0.25, 0.3) is 0 Å². The zero-order valence-corrected chi connectivity index (χ0v) is 9.95. The maximum Gasteiger partial charge on any atom is 0.241 e. The van der Waals surface area contributed by atoms with Crippen LogP contribution in [0.3, 0.4) is 0 Å². The van der Waals surface area contributed by atoms with Crippen LogP contribution in [0, 0.1) is 0 Å². The van der Waals surface area contributed by atoms with Gasteiger partial charge >= 0.3 is 0 Å². The maximum absolute atomic E-state index is 11.8. The first-order valence-electron chi connectivity index (χ1n) is 5.59. The molecule has 0 fully saturated rings. The average molecular weight is 246 g/mol. The van der Waals surface area contributed by atoms with E-state index in [0.717, 1.165) is 0 Å². The molecule has 2 rings (SSSR count). The Morgan fingerprint density at radius 2 is 2.44 bits per heavy atom. The Morgan fingerprint density at radius 1 is 1.61 bits per heavy atom. The van der Waals surface area contributed by atoms with Gasteiger partial charge in [0.2, 0.25) is 5.91 Å². The number of pyridine rings is 1. The fourth-order valence-corrected chi connectivity index (χ4v) is 1.41. The summed E-state index contributed by atoms with van der Waals surface area (Å²) in [5.41, 5.74) is 6.22. The smallest absolute Gasteiger partial charge is 0.241 e. The molecule has 7 nitrogen and oxygen atoms in total. The van der Waals surface area contributed by atoms with Crippen molar-refractivity contribution in [1.29, 1.82) is 0 Å². The Balaban J connectivity index is 2.26. The van der Waals surface area contributed by atoms with Crippen LogP contribution in [0.1, 0.15) is 13.3 Å². The van der Waals surface area contributed by atoms with Gasteiger partial charge in [0.05, 0.1) is 11.7 Å². The quantitative estimate of drug-likeness (QED) is 0.810. The number of anilines is 1. The summed E-state index contributed by atoms with van der Waals surface area (Å²) in [5.74, 6) is 0.263. The van der Waals surface area contributed by atoms with Crippen LogP contribution in [0.2, 0.25) is 0 Å². The molecule has 0 saturated heterocycles. The van der Waals surface area contributed by atoms with Gasteiger partial charge in [0.1, 0.15) is 12.7 Å². The van der Waals surface area contributed by atoms with Crippen LogP contribution >= 0.6 is 0 Å². The molecule has 0 aliphatic rings. The largest absolute Gasteiger partial charge is 0.322 e. The van der Waals surface area contributed by atoms with Crippen molar-refractivity contribution in [1.82, 2.24) is 19.7 Å². The highest BCUT2D eigenvalue weighted by atomic mass is 16.2. The monoisotopic (exact) mass is 246 g/mol. The van der Waals surface area contributed by atoms with Crippen molar-refractivity contribution >= 4 is 11.6 Å². The van der Waals surface area contributed by atoms with Gasteiger partial charge in [-0.1, -0.05) is 6.92 Å². The molecule has 2 aromatic heterocycles. The van der Waals surface area contributed by atoms with Gasteiger partial charge in [-0.3, -0.25) is 4.79 Å². The summed E-state index contributed by atoms with van der Waals surface area (Å²) in [7, 11) is 0. The van der Waals surface area contributed by atoms with Gasteiger partial charge in [0.15, 0.2) is 5.82 Å². The molecular weight excluding hydrogens is 232 g/mol. The molecule has 2 aromatic rings. The molecular formula is C11H14N6O. The number of carbonyl (C=O) groups is 1. The minimum Gasteiger partial charge on any atom is -0.322 e. The summed E-state index contributed by atoms with van der Waals surface area (Å²) in [4.78, 5) is 19.8. The molecule has 7 heteroatoms. The second kappa shape index (κ2) is 5.37. The van der Waals surface area contributed by atoms with Crippen molar-refractivity contribution in [3.63, 3.8) is 0 Å². The molecule has 2 heterocycles. The van der Waals surface area contributed by atoms with Gasteiger partial charge in [0, 0.05) is 6.20 Å². The number of nitrogens with one attached hydrogen (secondary N) is 1. The van der Waals surface area contributed by atoms with Crippen molar-refractivity contribution in [2.24, 2.45) is 5.73 Å². The number of nitrogens with zero attached hydrogens (tertiary/aromatic N) is 4. The van der Waals surface area contributed by atoms with Crippen molar-refractivity contribution in [2.45, 2.75) is 19.4 Å². The number of aromatic nitrogens is 4. The third-order valence-corrected chi connectivity index (χ3v) is 2.46. The number of amides is 1. The molecule has 0 aliphatic carbocycles. The first-order valence-corrected chi connectivity index (χ1v) is 5.59. The lowest BCUT2D eigenvalue weighted by Gasteiger charge is -2.12. The number of nitrogens with two attached hydrogens (primary N) is 1. The van der Waals surface area contributed by atoms with Crippen molar-refractivity contribution in [3.05, 3.63) is 31.0 Å². The number of hydrogen-bond donors (Lipinski definition) is 2. The van der Waals surface area contributed by atoms with Crippen LogP contribution in [0.5, 0.6) is 0 Å². The van der Waals surface area contributed by atoms with Crippen LogP contribution in [0.4, 0.5) is 5.69 Å². The molecule has 0 bridgehead atoms. The lowest BCUT2D eigenvalue weighted by Crippen LogP contribution is -2.35. The molecule has 94 valence electrons. The van der Waals surface area contributed by atoms with E-state index in [9.17, 15) is 4.79 Å². The Labute approximate surface area is 104 Å². The fraction of sp³-hybridized carbons (Fsp3) is 0.273. The number of rotatable bonds is 4. The second-order valence-electron chi connectivity index (χ2n) is 3.72. The van der Waals surface area contributed by atoms with E-state index in [2.05, 4.69) is 20.4 Å². The van der Waals surface area contributed by atoms with Crippen LogP contribution in [-0.4, -0.2) is 31.7 Å². The average Bonchev–Trinajstić information content (AvgIpc) is 2.92. The number of hydrogen-bond acceptors (Lipinski definition) is 5. The topological polar surface area (TPSA) is 98.7 Å². The Kier molecular flexibility index (Phi) is 3.63. The van der Waals surface area contributed by atoms with Crippen molar-refractivity contribution in [3.8, 4) is 5.82 Å². The standard InChI is InChI=1S/C11H14N6O/c1-2-8(12)11(18)16-9-4-3-5-14-10(9)17-7-13-6-15-17/h3-8H,2,12H2,1H3,(H,16,18). The molecule has 1 amide bonds. The molecule has 1 atom stereocenters.